The maximum Gasteiger partial charge on any atom is 0.237 e. The Kier molecular flexibility index (Phi) is 8.39. The number of methoxy groups -OCH3 is 1. The molecule has 32 heavy (non-hydrogen) atoms. The molecule has 0 bridgehead atoms. The van der Waals surface area contributed by atoms with Gasteiger partial charge < -0.3 is 20.7 Å². The second kappa shape index (κ2) is 11.2. The second-order valence-corrected chi connectivity index (χ2v) is 9.25. The molecule has 3 aromatic rings. The second-order valence-electron chi connectivity index (χ2n) is 7.02. The van der Waals surface area contributed by atoms with Gasteiger partial charge in [-0.2, -0.15) is 0 Å². The predicted octanol–water partition coefficient (Wildman–Crippen LogP) is 6.59. The molecule has 3 aromatic carbocycles. The summed E-state index contributed by atoms with van der Waals surface area (Å²) in [6.07, 6.45) is 0. The smallest absolute Gasteiger partial charge is 0.237 e. The standard InChI is InChI=1S/C24H24ClN3O2S2/c1-15-11-12-18(14-20(15)25)26-23(29)16(2)32-19-8-6-7-17(13-19)27-24(31)28-21-9-4-5-10-22(21)30-3/h4-14,16H,1-3H3,(H,26,29)(H2,27,28,31). The van der Waals surface area contributed by atoms with Crippen LogP contribution in [-0.4, -0.2) is 23.4 Å². The topological polar surface area (TPSA) is 62.4 Å². The van der Waals surface area contributed by atoms with Crippen molar-refractivity contribution in [3.63, 3.8) is 0 Å². The molecule has 5 nitrogen and oxygen atoms in total. The number of thioether (sulfide) groups is 1. The van der Waals surface area contributed by atoms with Crippen molar-refractivity contribution in [3.05, 3.63) is 77.3 Å². The Balaban J connectivity index is 1.59. The number of rotatable bonds is 7. The first-order valence-corrected chi connectivity index (χ1v) is 11.6. The van der Waals surface area contributed by atoms with Crippen LogP contribution in [-0.2, 0) is 4.79 Å². The van der Waals surface area contributed by atoms with E-state index in [1.165, 1.54) is 11.8 Å². The molecule has 0 saturated carbocycles. The van der Waals surface area contributed by atoms with Gasteiger partial charge in [0.1, 0.15) is 5.75 Å². The zero-order valence-corrected chi connectivity index (χ0v) is 20.3. The molecule has 0 aliphatic rings. The minimum Gasteiger partial charge on any atom is -0.495 e. The number of nitrogens with one attached hydrogen (secondary N) is 3. The fourth-order valence-electron chi connectivity index (χ4n) is 2.85. The lowest BCUT2D eigenvalue weighted by Crippen LogP contribution is -2.22. The fraction of sp³-hybridized carbons (Fsp3) is 0.167. The van der Waals surface area contributed by atoms with Crippen LogP contribution in [0.3, 0.4) is 0 Å². The third kappa shape index (κ3) is 6.63. The lowest BCUT2D eigenvalue weighted by Gasteiger charge is -2.15. The highest BCUT2D eigenvalue weighted by Crippen LogP contribution is 2.28. The molecular formula is C24H24ClN3O2S2. The number of hydrogen-bond acceptors (Lipinski definition) is 4. The number of para-hydroxylation sites is 2. The van der Waals surface area contributed by atoms with E-state index in [1.807, 2.05) is 74.5 Å². The average Bonchev–Trinajstić information content (AvgIpc) is 2.76. The van der Waals surface area contributed by atoms with E-state index in [9.17, 15) is 4.79 Å². The molecule has 3 rings (SSSR count). The van der Waals surface area contributed by atoms with Gasteiger partial charge in [0.2, 0.25) is 5.91 Å². The summed E-state index contributed by atoms with van der Waals surface area (Å²) in [5.74, 6) is 0.609. The molecule has 0 aromatic heterocycles. The van der Waals surface area contributed by atoms with Crippen LogP contribution in [0.5, 0.6) is 5.75 Å². The highest BCUT2D eigenvalue weighted by molar-refractivity contribution is 8.00. The third-order valence-electron chi connectivity index (χ3n) is 4.57. The number of halogens is 1. The van der Waals surface area contributed by atoms with Crippen LogP contribution < -0.4 is 20.7 Å². The number of benzene rings is 3. The Labute approximate surface area is 202 Å². The van der Waals surface area contributed by atoms with Crippen molar-refractivity contribution in [1.82, 2.24) is 0 Å². The van der Waals surface area contributed by atoms with Crippen LogP contribution in [0, 0.1) is 6.92 Å². The molecule has 166 valence electrons. The van der Waals surface area contributed by atoms with Gasteiger partial charge in [-0.1, -0.05) is 35.9 Å². The van der Waals surface area contributed by atoms with Crippen molar-refractivity contribution in [2.24, 2.45) is 0 Å². The number of hydrogen-bond donors (Lipinski definition) is 3. The zero-order chi connectivity index (χ0) is 23.1. The quantitative estimate of drug-likeness (QED) is 0.259. The van der Waals surface area contributed by atoms with Crippen LogP contribution in [0.2, 0.25) is 5.02 Å². The number of carbonyl (C=O) groups is 1. The Morgan fingerprint density at radius 3 is 2.50 bits per heavy atom. The Morgan fingerprint density at radius 2 is 1.75 bits per heavy atom. The number of amides is 1. The van der Waals surface area contributed by atoms with Crippen LogP contribution in [0.15, 0.2) is 71.6 Å². The molecule has 0 heterocycles. The van der Waals surface area contributed by atoms with Crippen molar-refractivity contribution < 1.29 is 9.53 Å². The number of thiocarbonyl (C=S) groups is 1. The van der Waals surface area contributed by atoms with E-state index in [-0.39, 0.29) is 11.2 Å². The highest BCUT2D eigenvalue weighted by Gasteiger charge is 2.15. The van der Waals surface area contributed by atoms with Gasteiger partial charge >= 0.3 is 0 Å². The molecule has 1 atom stereocenters. The molecule has 0 saturated heterocycles. The summed E-state index contributed by atoms with van der Waals surface area (Å²) in [7, 11) is 1.61. The molecule has 1 amide bonds. The van der Waals surface area contributed by atoms with Gasteiger partial charge in [-0.15, -0.1) is 11.8 Å². The summed E-state index contributed by atoms with van der Waals surface area (Å²) in [6, 6.07) is 20.8. The highest BCUT2D eigenvalue weighted by atomic mass is 35.5. The van der Waals surface area contributed by atoms with Gasteiger partial charge in [-0.25, -0.2) is 0 Å². The van der Waals surface area contributed by atoms with E-state index < -0.39 is 0 Å². The normalized spacial score (nSPS) is 11.4. The first kappa shape index (κ1) is 23.9. The summed E-state index contributed by atoms with van der Waals surface area (Å²) >= 11 is 13.0. The Morgan fingerprint density at radius 1 is 1.00 bits per heavy atom. The first-order valence-electron chi connectivity index (χ1n) is 9.90. The first-order chi connectivity index (χ1) is 15.4. The van der Waals surface area contributed by atoms with Gasteiger partial charge in [0, 0.05) is 21.3 Å². The third-order valence-corrected chi connectivity index (χ3v) is 6.27. The lowest BCUT2D eigenvalue weighted by atomic mass is 10.2. The summed E-state index contributed by atoms with van der Waals surface area (Å²) in [5, 5.41) is 9.99. The number of ether oxygens (including phenoxy) is 1. The van der Waals surface area contributed by atoms with Crippen molar-refractivity contribution in [3.8, 4) is 5.75 Å². The maximum atomic E-state index is 12.6. The largest absolute Gasteiger partial charge is 0.495 e. The predicted molar refractivity (Wildman–Crippen MR) is 139 cm³/mol. The average molecular weight is 486 g/mol. The van der Waals surface area contributed by atoms with E-state index in [0.717, 1.165) is 21.8 Å². The summed E-state index contributed by atoms with van der Waals surface area (Å²) < 4.78 is 5.34. The van der Waals surface area contributed by atoms with Gasteiger partial charge in [-0.3, -0.25) is 4.79 Å². The number of carbonyl (C=O) groups excluding carboxylic acids is 1. The van der Waals surface area contributed by atoms with Crippen molar-refractivity contribution >= 4 is 63.7 Å². The van der Waals surface area contributed by atoms with Gasteiger partial charge in [0.05, 0.1) is 18.0 Å². The van der Waals surface area contributed by atoms with Gasteiger partial charge in [-0.05, 0) is 74.1 Å². The molecule has 0 aliphatic carbocycles. The number of anilines is 3. The summed E-state index contributed by atoms with van der Waals surface area (Å²) in [4.78, 5) is 13.6. The van der Waals surface area contributed by atoms with Crippen molar-refractivity contribution in [2.75, 3.05) is 23.1 Å². The van der Waals surface area contributed by atoms with E-state index in [4.69, 9.17) is 28.6 Å². The number of aryl methyl sites for hydroxylation is 1. The molecule has 1 unspecified atom stereocenters. The van der Waals surface area contributed by atoms with Crippen molar-refractivity contribution in [1.29, 1.82) is 0 Å². The van der Waals surface area contributed by atoms with Crippen LogP contribution in [0.1, 0.15) is 12.5 Å². The van der Waals surface area contributed by atoms with E-state index in [0.29, 0.717) is 21.6 Å². The lowest BCUT2D eigenvalue weighted by molar-refractivity contribution is -0.115. The van der Waals surface area contributed by atoms with E-state index >= 15 is 0 Å². The van der Waals surface area contributed by atoms with Crippen LogP contribution >= 0.6 is 35.6 Å². The molecular weight excluding hydrogens is 462 g/mol. The van der Waals surface area contributed by atoms with Crippen LogP contribution in [0.25, 0.3) is 0 Å². The van der Waals surface area contributed by atoms with Gasteiger partial charge in [0.25, 0.3) is 0 Å². The summed E-state index contributed by atoms with van der Waals surface area (Å²) in [6.45, 7) is 3.79. The molecule has 0 fully saturated rings. The monoisotopic (exact) mass is 485 g/mol. The van der Waals surface area contributed by atoms with E-state index in [1.54, 1.807) is 13.2 Å². The molecule has 0 radical (unpaired) electrons. The summed E-state index contributed by atoms with van der Waals surface area (Å²) in [5.41, 5.74) is 3.25. The maximum absolute atomic E-state index is 12.6. The molecule has 0 spiro atoms. The minimum absolute atomic E-state index is 0.0957. The molecule has 3 N–H and O–H groups in total. The molecule has 8 heteroatoms. The minimum atomic E-state index is -0.302. The zero-order valence-electron chi connectivity index (χ0n) is 17.9. The Bertz CT molecular complexity index is 1120. The SMILES string of the molecule is COc1ccccc1NC(=S)Nc1cccc(SC(C)C(=O)Nc2ccc(C)c(Cl)c2)c1. The van der Waals surface area contributed by atoms with Crippen LogP contribution in [0.4, 0.5) is 17.1 Å². The fourth-order valence-corrected chi connectivity index (χ4v) is 4.19. The van der Waals surface area contributed by atoms with Crippen molar-refractivity contribution in [2.45, 2.75) is 24.0 Å². The van der Waals surface area contributed by atoms with E-state index in [2.05, 4.69) is 16.0 Å². The Hall–Kier alpha value is -2.74. The molecule has 0 aliphatic heterocycles. The van der Waals surface area contributed by atoms with Gasteiger partial charge in [0.15, 0.2) is 5.11 Å².